The van der Waals surface area contributed by atoms with Gasteiger partial charge < -0.3 is 4.90 Å². The summed E-state index contributed by atoms with van der Waals surface area (Å²) in [5.74, 6) is -0.880. The number of carbonyl (C=O) groups excluding carboxylic acids is 2. The van der Waals surface area contributed by atoms with Crippen molar-refractivity contribution in [2.45, 2.75) is 24.2 Å². The topological polar surface area (TPSA) is 83.6 Å². The molecular formula is C20H19Cl3N2O4S. The van der Waals surface area contributed by atoms with Crippen LogP contribution in [-0.4, -0.2) is 38.6 Å². The number of likely N-dealkylation sites (tertiary alicyclic amines) is 1. The SMILES string of the molecule is CN1CC(=O)C(CCCc2ccc(Cl)cc2NS(=O)(=O)c2ccc(Cl)c(Cl)c2)C1=O. The summed E-state index contributed by atoms with van der Waals surface area (Å²) in [6, 6.07) is 8.93. The van der Waals surface area contributed by atoms with Crippen molar-refractivity contribution in [1.29, 1.82) is 0 Å². The van der Waals surface area contributed by atoms with E-state index in [1.165, 1.54) is 29.2 Å². The van der Waals surface area contributed by atoms with E-state index in [0.717, 1.165) is 0 Å². The molecule has 1 unspecified atom stereocenters. The van der Waals surface area contributed by atoms with Gasteiger partial charge in [0.2, 0.25) is 5.91 Å². The minimum atomic E-state index is -3.92. The van der Waals surface area contributed by atoms with Crippen LogP contribution in [0.5, 0.6) is 0 Å². The van der Waals surface area contributed by atoms with Crippen LogP contribution in [0.3, 0.4) is 0 Å². The van der Waals surface area contributed by atoms with Crippen LogP contribution in [0.1, 0.15) is 18.4 Å². The molecule has 6 nitrogen and oxygen atoms in total. The highest BCUT2D eigenvalue weighted by Gasteiger charge is 2.36. The maximum Gasteiger partial charge on any atom is 0.261 e. The van der Waals surface area contributed by atoms with Gasteiger partial charge in [0.1, 0.15) is 0 Å². The Morgan fingerprint density at radius 1 is 1.07 bits per heavy atom. The minimum Gasteiger partial charge on any atom is -0.338 e. The van der Waals surface area contributed by atoms with E-state index in [4.69, 9.17) is 34.8 Å². The van der Waals surface area contributed by atoms with E-state index in [2.05, 4.69) is 4.72 Å². The number of nitrogens with zero attached hydrogens (tertiary/aromatic N) is 1. The Morgan fingerprint density at radius 3 is 2.43 bits per heavy atom. The van der Waals surface area contributed by atoms with Crippen LogP contribution in [0, 0.1) is 5.92 Å². The van der Waals surface area contributed by atoms with Crippen molar-refractivity contribution in [3.05, 3.63) is 57.0 Å². The quantitative estimate of drug-likeness (QED) is 0.583. The van der Waals surface area contributed by atoms with Gasteiger partial charge in [0.05, 0.1) is 33.1 Å². The second-order valence-corrected chi connectivity index (χ2v) is 10.0. The summed E-state index contributed by atoms with van der Waals surface area (Å²) in [5, 5.41) is 0.746. The first-order chi connectivity index (χ1) is 14.1. The lowest BCUT2D eigenvalue weighted by molar-refractivity contribution is -0.131. The lowest BCUT2D eigenvalue weighted by Gasteiger charge is -2.14. The number of halogens is 3. The zero-order chi connectivity index (χ0) is 22.1. The second kappa shape index (κ2) is 9.14. The Labute approximate surface area is 190 Å². The van der Waals surface area contributed by atoms with Crippen LogP contribution in [0.4, 0.5) is 5.69 Å². The summed E-state index contributed by atoms with van der Waals surface area (Å²) in [4.78, 5) is 25.4. The third kappa shape index (κ3) is 5.09. The normalized spacial score (nSPS) is 16.9. The van der Waals surface area contributed by atoms with E-state index < -0.39 is 15.9 Å². The Hall–Kier alpha value is -1.80. The number of nitrogens with one attached hydrogen (secondary N) is 1. The van der Waals surface area contributed by atoms with Gasteiger partial charge in [0, 0.05) is 12.1 Å². The molecule has 2 aromatic carbocycles. The monoisotopic (exact) mass is 488 g/mol. The zero-order valence-corrected chi connectivity index (χ0v) is 19.1. The Balaban J connectivity index is 1.76. The highest BCUT2D eigenvalue weighted by molar-refractivity contribution is 7.92. The summed E-state index contributed by atoms with van der Waals surface area (Å²) >= 11 is 17.9. The molecule has 30 heavy (non-hydrogen) atoms. The number of Topliss-reactive ketones (excluding diaryl/α,β-unsaturated/α-hetero) is 1. The molecule has 1 heterocycles. The Kier molecular flexibility index (Phi) is 6.97. The van der Waals surface area contributed by atoms with Crippen LogP contribution in [0.2, 0.25) is 15.1 Å². The highest BCUT2D eigenvalue weighted by Crippen LogP contribution is 2.29. The van der Waals surface area contributed by atoms with Gasteiger partial charge in [-0.05, 0) is 55.2 Å². The molecule has 0 saturated carbocycles. The second-order valence-electron chi connectivity index (χ2n) is 7.09. The molecule has 0 spiro atoms. The summed E-state index contributed by atoms with van der Waals surface area (Å²) in [6.07, 6.45) is 1.42. The van der Waals surface area contributed by atoms with Crippen molar-refractivity contribution in [3.8, 4) is 0 Å². The zero-order valence-electron chi connectivity index (χ0n) is 16.0. The molecule has 10 heteroatoms. The summed E-state index contributed by atoms with van der Waals surface area (Å²) in [6.45, 7) is 0.138. The van der Waals surface area contributed by atoms with Crippen molar-refractivity contribution in [2.24, 2.45) is 5.92 Å². The van der Waals surface area contributed by atoms with E-state index in [0.29, 0.717) is 35.5 Å². The molecule has 1 saturated heterocycles. The number of benzene rings is 2. The summed E-state index contributed by atoms with van der Waals surface area (Å²) in [7, 11) is -2.32. The molecule has 0 aliphatic carbocycles. The van der Waals surface area contributed by atoms with Gasteiger partial charge >= 0.3 is 0 Å². The number of hydrogen-bond donors (Lipinski definition) is 1. The molecule has 1 aliphatic rings. The first-order valence-corrected chi connectivity index (χ1v) is 11.7. The van der Waals surface area contributed by atoms with Gasteiger partial charge in [-0.3, -0.25) is 14.3 Å². The van der Waals surface area contributed by atoms with Crippen molar-refractivity contribution in [2.75, 3.05) is 18.3 Å². The van der Waals surface area contributed by atoms with Gasteiger partial charge in [-0.25, -0.2) is 8.42 Å². The molecule has 1 N–H and O–H groups in total. The van der Waals surface area contributed by atoms with E-state index in [9.17, 15) is 18.0 Å². The fourth-order valence-electron chi connectivity index (χ4n) is 3.32. The van der Waals surface area contributed by atoms with Crippen LogP contribution in [0.15, 0.2) is 41.3 Å². The van der Waals surface area contributed by atoms with Gasteiger partial charge in [-0.1, -0.05) is 40.9 Å². The van der Waals surface area contributed by atoms with E-state index in [-0.39, 0.29) is 33.2 Å². The van der Waals surface area contributed by atoms with E-state index in [1.807, 2.05) is 0 Å². The third-order valence-electron chi connectivity index (χ3n) is 4.91. The van der Waals surface area contributed by atoms with Gasteiger partial charge in [-0.15, -0.1) is 0 Å². The molecule has 1 aliphatic heterocycles. The third-order valence-corrected chi connectivity index (χ3v) is 7.25. The number of anilines is 1. The van der Waals surface area contributed by atoms with Crippen molar-refractivity contribution in [3.63, 3.8) is 0 Å². The molecule has 1 atom stereocenters. The van der Waals surface area contributed by atoms with Gasteiger partial charge in [0.15, 0.2) is 5.78 Å². The first-order valence-electron chi connectivity index (χ1n) is 9.12. The van der Waals surface area contributed by atoms with Crippen molar-refractivity contribution >= 4 is 62.2 Å². The maximum absolute atomic E-state index is 12.8. The molecule has 0 radical (unpaired) electrons. The summed E-state index contributed by atoms with van der Waals surface area (Å²) in [5.41, 5.74) is 1.03. The maximum atomic E-state index is 12.8. The molecular weight excluding hydrogens is 471 g/mol. The molecule has 1 fully saturated rings. The summed E-state index contributed by atoms with van der Waals surface area (Å²) < 4.78 is 28.1. The van der Waals surface area contributed by atoms with Crippen LogP contribution >= 0.6 is 34.8 Å². The molecule has 0 aromatic heterocycles. The fraction of sp³-hybridized carbons (Fsp3) is 0.300. The van der Waals surface area contributed by atoms with Crippen molar-refractivity contribution < 1.29 is 18.0 Å². The smallest absolute Gasteiger partial charge is 0.261 e. The number of rotatable bonds is 7. The minimum absolute atomic E-state index is 0.0342. The standard InChI is InChI=1S/C20H19Cl3N2O4S/c1-25-11-19(26)15(20(25)27)4-2-3-12-5-6-13(21)9-18(12)24-30(28,29)14-7-8-16(22)17(23)10-14/h5-10,15,24H,2-4,11H2,1H3. The van der Waals surface area contributed by atoms with Gasteiger partial charge in [0.25, 0.3) is 10.0 Å². The number of aryl methyl sites for hydroxylation is 1. The van der Waals surface area contributed by atoms with E-state index in [1.54, 1.807) is 19.2 Å². The molecule has 0 bridgehead atoms. The lowest BCUT2D eigenvalue weighted by Crippen LogP contribution is -2.22. The number of likely N-dealkylation sites (N-methyl/N-ethyl adjacent to an activating group) is 1. The first kappa shape index (κ1) is 22.9. The van der Waals surface area contributed by atoms with Crippen LogP contribution in [0.25, 0.3) is 0 Å². The average molecular weight is 490 g/mol. The fourth-order valence-corrected chi connectivity index (χ4v) is 4.97. The predicted molar refractivity (Wildman–Crippen MR) is 118 cm³/mol. The number of amides is 1. The highest BCUT2D eigenvalue weighted by atomic mass is 35.5. The average Bonchev–Trinajstić information content (AvgIpc) is 2.91. The predicted octanol–water partition coefficient (Wildman–Crippen LogP) is 4.43. The van der Waals surface area contributed by atoms with Crippen LogP contribution in [-0.2, 0) is 26.0 Å². The van der Waals surface area contributed by atoms with Gasteiger partial charge in [-0.2, -0.15) is 0 Å². The molecule has 1 amide bonds. The number of hydrogen-bond acceptors (Lipinski definition) is 4. The number of ketones is 1. The largest absolute Gasteiger partial charge is 0.338 e. The van der Waals surface area contributed by atoms with Crippen LogP contribution < -0.4 is 4.72 Å². The molecule has 2 aromatic rings. The molecule has 3 rings (SSSR count). The Morgan fingerprint density at radius 2 is 1.80 bits per heavy atom. The lowest BCUT2D eigenvalue weighted by atomic mass is 9.97. The number of carbonyl (C=O) groups is 2. The van der Waals surface area contributed by atoms with Crippen molar-refractivity contribution in [1.82, 2.24) is 4.90 Å². The number of sulfonamides is 1. The molecule has 160 valence electrons. The van der Waals surface area contributed by atoms with E-state index >= 15 is 0 Å². The Bertz CT molecular complexity index is 1110.